The molecule has 3 rings (SSSR count). The number of hydrogen-bond donors (Lipinski definition) is 0. The first-order chi connectivity index (χ1) is 9.86. The highest BCUT2D eigenvalue weighted by Crippen LogP contribution is 2.22. The predicted molar refractivity (Wildman–Crippen MR) is 80.0 cm³/mol. The molecule has 5 nitrogen and oxygen atoms in total. The third-order valence-electron chi connectivity index (χ3n) is 3.17. The zero-order valence-electron chi connectivity index (χ0n) is 11.4. The highest BCUT2D eigenvalue weighted by molar-refractivity contribution is 7.97. The van der Waals surface area contributed by atoms with Crippen molar-refractivity contribution in [2.24, 2.45) is 0 Å². The van der Waals surface area contributed by atoms with E-state index < -0.39 is 0 Å². The third-order valence-corrected chi connectivity index (χ3v) is 3.76. The molecule has 1 aliphatic rings. The third kappa shape index (κ3) is 2.96. The Bertz CT molecular complexity index is 554. The lowest BCUT2D eigenvalue weighted by atomic mass is 10.3. The van der Waals surface area contributed by atoms with Gasteiger partial charge in [-0.1, -0.05) is 0 Å². The molecule has 0 amide bonds. The lowest BCUT2D eigenvalue weighted by molar-refractivity contribution is 0.122. The van der Waals surface area contributed by atoms with E-state index in [1.165, 1.54) is 0 Å². The van der Waals surface area contributed by atoms with Gasteiger partial charge >= 0.3 is 0 Å². The number of thioether (sulfide) groups is 1. The fraction of sp³-hybridized carbons (Fsp3) is 0.429. The van der Waals surface area contributed by atoms with E-state index in [4.69, 9.17) is 9.15 Å². The summed E-state index contributed by atoms with van der Waals surface area (Å²) in [5, 5.41) is 0. The molecule has 106 valence electrons. The molecule has 2 aromatic heterocycles. The van der Waals surface area contributed by atoms with Gasteiger partial charge in [-0.2, -0.15) is 11.8 Å². The second kappa shape index (κ2) is 6.28. The van der Waals surface area contributed by atoms with Crippen molar-refractivity contribution in [3.05, 3.63) is 30.4 Å². The van der Waals surface area contributed by atoms with Gasteiger partial charge in [0.05, 0.1) is 30.7 Å². The normalized spacial score (nSPS) is 15.6. The summed E-state index contributed by atoms with van der Waals surface area (Å²) in [4.78, 5) is 11.5. The van der Waals surface area contributed by atoms with Gasteiger partial charge in [0.2, 0.25) is 0 Å². The molecule has 0 aliphatic carbocycles. The van der Waals surface area contributed by atoms with Gasteiger partial charge in [-0.15, -0.1) is 0 Å². The van der Waals surface area contributed by atoms with Gasteiger partial charge in [0, 0.05) is 24.9 Å². The molecule has 3 heterocycles. The monoisotopic (exact) mass is 291 g/mol. The summed E-state index contributed by atoms with van der Waals surface area (Å²) in [6, 6.07) is 3.96. The van der Waals surface area contributed by atoms with Gasteiger partial charge in [0.1, 0.15) is 12.1 Å². The van der Waals surface area contributed by atoms with E-state index in [0.29, 0.717) is 0 Å². The van der Waals surface area contributed by atoms with E-state index >= 15 is 0 Å². The van der Waals surface area contributed by atoms with Gasteiger partial charge in [-0.3, -0.25) is 0 Å². The van der Waals surface area contributed by atoms with Gasteiger partial charge in [-0.05, 0) is 12.3 Å². The molecule has 1 fully saturated rings. The standard InChI is InChI=1S/C14H17N3O2S/c1-20-10-12-8-13(17-3-6-18-7-4-17)16-14(15-12)11-2-5-19-9-11/h2,5,8-9H,3-4,6-7,10H2,1H3. The van der Waals surface area contributed by atoms with Crippen LogP contribution in [0.2, 0.25) is 0 Å². The first-order valence-corrected chi connectivity index (χ1v) is 7.98. The van der Waals surface area contributed by atoms with Crippen LogP contribution in [0.4, 0.5) is 5.82 Å². The van der Waals surface area contributed by atoms with Crippen LogP contribution in [0.15, 0.2) is 29.1 Å². The van der Waals surface area contributed by atoms with Crippen LogP contribution in [0, 0.1) is 0 Å². The molecule has 1 saturated heterocycles. The molecule has 0 N–H and O–H groups in total. The maximum Gasteiger partial charge on any atom is 0.165 e. The van der Waals surface area contributed by atoms with Gasteiger partial charge in [0.15, 0.2) is 5.82 Å². The van der Waals surface area contributed by atoms with Crippen LogP contribution in [-0.2, 0) is 10.5 Å². The maximum atomic E-state index is 5.40. The minimum absolute atomic E-state index is 0.729. The first-order valence-electron chi connectivity index (χ1n) is 6.59. The molecule has 6 heteroatoms. The largest absolute Gasteiger partial charge is 0.472 e. The quantitative estimate of drug-likeness (QED) is 0.862. The molecule has 0 spiro atoms. The van der Waals surface area contributed by atoms with E-state index in [1.807, 2.05) is 6.07 Å². The average molecular weight is 291 g/mol. The number of aromatic nitrogens is 2. The molecular weight excluding hydrogens is 274 g/mol. The minimum atomic E-state index is 0.729. The molecule has 2 aromatic rings. The number of hydrogen-bond acceptors (Lipinski definition) is 6. The Balaban J connectivity index is 1.95. The van der Waals surface area contributed by atoms with Crippen LogP contribution < -0.4 is 4.90 Å². The van der Waals surface area contributed by atoms with E-state index in [9.17, 15) is 0 Å². The topological polar surface area (TPSA) is 51.4 Å². The van der Waals surface area contributed by atoms with Crippen LogP contribution in [-0.4, -0.2) is 42.5 Å². The van der Waals surface area contributed by atoms with Gasteiger partial charge in [0.25, 0.3) is 0 Å². The van der Waals surface area contributed by atoms with E-state index in [0.717, 1.165) is 55.0 Å². The van der Waals surface area contributed by atoms with Crippen molar-refractivity contribution in [1.29, 1.82) is 0 Å². The number of ether oxygens (including phenoxy) is 1. The lowest BCUT2D eigenvalue weighted by Gasteiger charge is -2.28. The summed E-state index contributed by atoms with van der Waals surface area (Å²) in [6.07, 6.45) is 5.41. The second-order valence-corrected chi connectivity index (χ2v) is 5.45. The molecule has 1 aliphatic heterocycles. The Morgan fingerprint density at radius 3 is 2.85 bits per heavy atom. The summed E-state index contributed by atoms with van der Waals surface area (Å²) >= 11 is 1.76. The molecule has 0 bridgehead atoms. The van der Waals surface area contributed by atoms with Crippen molar-refractivity contribution in [3.8, 4) is 11.4 Å². The summed E-state index contributed by atoms with van der Waals surface area (Å²) < 4.78 is 10.5. The number of nitrogens with zero attached hydrogens (tertiary/aromatic N) is 3. The molecule has 20 heavy (non-hydrogen) atoms. The number of rotatable bonds is 4. The SMILES string of the molecule is CSCc1cc(N2CCOCC2)nc(-c2ccoc2)n1. The van der Waals surface area contributed by atoms with Gasteiger partial charge in [-0.25, -0.2) is 9.97 Å². The predicted octanol–water partition coefficient (Wildman–Crippen LogP) is 2.44. The molecule has 0 saturated carbocycles. The summed E-state index contributed by atoms with van der Waals surface area (Å²) in [6.45, 7) is 3.26. The van der Waals surface area contributed by atoms with Crippen molar-refractivity contribution in [2.45, 2.75) is 5.75 Å². The van der Waals surface area contributed by atoms with Crippen molar-refractivity contribution in [2.75, 3.05) is 37.5 Å². The van der Waals surface area contributed by atoms with Crippen molar-refractivity contribution in [1.82, 2.24) is 9.97 Å². The van der Waals surface area contributed by atoms with Crippen LogP contribution in [0.25, 0.3) is 11.4 Å². The lowest BCUT2D eigenvalue weighted by Crippen LogP contribution is -2.37. The summed E-state index contributed by atoms with van der Waals surface area (Å²) in [5.41, 5.74) is 1.97. The van der Waals surface area contributed by atoms with Crippen LogP contribution in [0.3, 0.4) is 0 Å². The van der Waals surface area contributed by atoms with Crippen molar-refractivity contribution < 1.29 is 9.15 Å². The average Bonchev–Trinajstić information content (AvgIpc) is 3.02. The van der Waals surface area contributed by atoms with Crippen molar-refractivity contribution in [3.63, 3.8) is 0 Å². The summed E-state index contributed by atoms with van der Waals surface area (Å²) in [7, 11) is 0. The van der Waals surface area contributed by atoms with E-state index in [-0.39, 0.29) is 0 Å². The molecule has 0 unspecified atom stereocenters. The first kappa shape index (κ1) is 13.5. The van der Waals surface area contributed by atoms with E-state index in [1.54, 1.807) is 24.3 Å². The summed E-state index contributed by atoms with van der Waals surface area (Å²) in [5.74, 6) is 2.58. The highest BCUT2D eigenvalue weighted by atomic mass is 32.2. The maximum absolute atomic E-state index is 5.40. The number of morpholine rings is 1. The zero-order valence-corrected chi connectivity index (χ0v) is 12.2. The van der Waals surface area contributed by atoms with Gasteiger partial charge < -0.3 is 14.1 Å². The van der Waals surface area contributed by atoms with Crippen LogP contribution >= 0.6 is 11.8 Å². The smallest absolute Gasteiger partial charge is 0.165 e. The van der Waals surface area contributed by atoms with Crippen LogP contribution in [0.5, 0.6) is 0 Å². The van der Waals surface area contributed by atoms with E-state index in [2.05, 4.69) is 27.2 Å². The second-order valence-electron chi connectivity index (χ2n) is 4.59. The minimum Gasteiger partial charge on any atom is -0.472 e. The fourth-order valence-electron chi connectivity index (χ4n) is 2.18. The van der Waals surface area contributed by atoms with Crippen LogP contribution in [0.1, 0.15) is 5.69 Å². The Hall–Kier alpha value is -1.53. The Morgan fingerprint density at radius 2 is 2.15 bits per heavy atom. The molecular formula is C14H17N3O2S. The Kier molecular flexibility index (Phi) is 4.22. The number of furan rings is 1. The Labute approximate surface area is 122 Å². The van der Waals surface area contributed by atoms with Crippen molar-refractivity contribution >= 4 is 17.6 Å². The highest BCUT2D eigenvalue weighted by Gasteiger charge is 2.15. The zero-order chi connectivity index (χ0) is 13.8. The molecule has 0 atom stereocenters. The molecule has 0 aromatic carbocycles. The Morgan fingerprint density at radius 1 is 1.30 bits per heavy atom. The number of anilines is 1. The fourth-order valence-corrected chi connectivity index (χ4v) is 2.62. The molecule has 0 radical (unpaired) electrons.